The predicted octanol–water partition coefficient (Wildman–Crippen LogP) is 6.71. The van der Waals surface area contributed by atoms with Crippen LogP contribution in [0.15, 0.2) is 29.8 Å². The summed E-state index contributed by atoms with van der Waals surface area (Å²) in [5, 5.41) is 7.04. The number of nitrogens with one attached hydrogen (secondary N) is 1. The molecule has 2 heterocycles. The van der Waals surface area contributed by atoms with E-state index in [1.807, 2.05) is 6.20 Å². The van der Waals surface area contributed by atoms with Crippen molar-refractivity contribution in [3.63, 3.8) is 0 Å². The van der Waals surface area contributed by atoms with E-state index in [9.17, 15) is 0 Å². The van der Waals surface area contributed by atoms with E-state index in [2.05, 4.69) is 66.5 Å². The Hall–Kier alpha value is -1.39. The fraction of sp³-hybridized carbons (Fsp3) is 0.667. The zero-order chi connectivity index (χ0) is 21.6. The van der Waals surface area contributed by atoms with Gasteiger partial charge in [0.05, 0.1) is 0 Å². The van der Waals surface area contributed by atoms with Gasteiger partial charge in [-0.2, -0.15) is 0 Å². The topological polar surface area (TPSA) is 28.2 Å². The lowest BCUT2D eigenvalue weighted by molar-refractivity contribution is 0.0970. The highest BCUT2D eigenvalue weighted by Crippen LogP contribution is 2.53. The third kappa shape index (κ3) is 5.01. The zero-order valence-corrected chi connectivity index (χ0v) is 20.6. The molecule has 2 saturated carbocycles. The molecule has 1 saturated heterocycles. The minimum Gasteiger partial charge on any atom is -0.368 e. The van der Waals surface area contributed by atoms with Gasteiger partial charge in [0.25, 0.3) is 0 Å². The molecule has 1 aromatic carbocycles. The lowest BCUT2D eigenvalue weighted by atomic mass is 9.60. The van der Waals surface area contributed by atoms with Gasteiger partial charge in [-0.1, -0.05) is 40.5 Å². The maximum atomic E-state index is 4.62. The number of benzene rings is 1. The number of nitrogens with zero attached hydrogens (tertiary/aromatic N) is 2. The van der Waals surface area contributed by atoms with Gasteiger partial charge in [-0.05, 0) is 72.1 Å². The summed E-state index contributed by atoms with van der Waals surface area (Å²) in [5.74, 6) is 1.59. The number of rotatable bonds is 5. The van der Waals surface area contributed by atoms with Crippen LogP contribution in [0.4, 0.5) is 5.69 Å². The molecule has 5 rings (SSSR count). The summed E-state index contributed by atoms with van der Waals surface area (Å²) in [6.07, 6.45) is 10.0. The summed E-state index contributed by atoms with van der Waals surface area (Å²) in [4.78, 5) is 7.31. The molecule has 3 aliphatic rings. The lowest BCUT2D eigenvalue weighted by Gasteiger charge is -2.46. The average Bonchev–Trinajstić information content (AvgIpc) is 3.34. The molecule has 1 N–H and O–H groups in total. The predicted molar refractivity (Wildman–Crippen MR) is 133 cm³/mol. The standard InChI is InChI=1S/C27H39N3S/c1-26(2)15-21(16-27(3,4)18-26)23-14-20(25-29-10-12-31-25)7-8-24(23)30-11-9-28-22(17-30)13-19-5-6-19/h7-8,10,12,14,19,21-22,28H,5-6,9,11,13,15-18H2,1-4H3. The Morgan fingerprint density at radius 2 is 1.90 bits per heavy atom. The van der Waals surface area contributed by atoms with Crippen molar-refractivity contribution in [2.75, 3.05) is 24.5 Å². The molecule has 0 spiro atoms. The third-order valence-corrected chi connectivity index (χ3v) is 8.43. The molecular formula is C27H39N3S. The maximum absolute atomic E-state index is 4.62. The van der Waals surface area contributed by atoms with Crippen LogP contribution in [-0.2, 0) is 0 Å². The molecular weight excluding hydrogens is 398 g/mol. The summed E-state index contributed by atoms with van der Waals surface area (Å²) in [6, 6.07) is 7.87. The van der Waals surface area contributed by atoms with Crippen LogP contribution < -0.4 is 10.2 Å². The first kappa shape index (κ1) is 21.5. The van der Waals surface area contributed by atoms with Crippen molar-refractivity contribution in [1.29, 1.82) is 0 Å². The Kier molecular flexibility index (Phi) is 5.67. The molecule has 1 aliphatic heterocycles. The minimum atomic E-state index is 0.388. The smallest absolute Gasteiger partial charge is 0.123 e. The summed E-state index contributed by atoms with van der Waals surface area (Å²) >= 11 is 1.75. The van der Waals surface area contributed by atoms with Gasteiger partial charge in [-0.15, -0.1) is 11.3 Å². The summed E-state index contributed by atoms with van der Waals surface area (Å²) in [5.41, 5.74) is 5.12. The number of thiazole rings is 1. The number of hydrogen-bond donors (Lipinski definition) is 1. The molecule has 0 radical (unpaired) electrons. The molecule has 4 heteroatoms. The molecule has 0 amide bonds. The van der Waals surface area contributed by atoms with Crippen LogP contribution in [0.25, 0.3) is 10.6 Å². The van der Waals surface area contributed by atoms with E-state index in [1.165, 1.54) is 49.8 Å². The highest BCUT2D eigenvalue weighted by Gasteiger charge is 2.40. The Morgan fingerprint density at radius 3 is 2.58 bits per heavy atom. The molecule has 1 aromatic heterocycles. The second-order valence-corrected chi connectivity index (χ2v) is 12.9. The van der Waals surface area contributed by atoms with Gasteiger partial charge in [-0.25, -0.2) is 4.98 Å². The van der Waals surface area contributed by atoms with Gasteiger partial charge in [0.2, 0.25) is 0 Å². The summed E-state index contributed by atoms with van der Waals surface area (Å²) in [7, 11) is 0. The third-order valence-electron chi connectivity index (χ3n) is 7.61. The van der Waals surface area contributed by atoms with Crippen LogP contribution in [0.2, 0.25) is 0 Å². The van der Waals surface area contributed by atoms with E-state index < -0.39 is 0 Å². The van der Waals surface area contributed by atoms with Crippen LogP contribution in [0.3, 0.4) is 0 Å². The second kappa shape index (κ2) is 8.19. The van der Waals surface area contributed by atoms with Crippen molar-refractivity contribution in [3.8, 4) is 10.6 Å². The van der Waals surface area contributed by atoms with Crippen molar-refractivity contribution < 1.29 is 0 Å². The number of piperazine rings is 1. The molecule has 3 fully saturated rings. The Morgan fingerprint density at radius 1 is 1.13 bits per heavy atom. The van der Waals surface area contributed by atoms with E-state index in [0.717, 1.165) is 30.6 Å². The molecule has 2 aliphatic carbocycles. The highest BCUT2D eigenvalue weighted by atomic mass is 32.1. The fourth-order valence-electron chi connectivity index (χ4n) is 6.69. The largest absolute Gasteiger partial charge is 0.368 e. The zero-order valence-electron chi connectivity index (χ0n) is 19.8. The first-order valence-electron chi connectivity index (χ1n) is 12.3. The molecule has 1 atom stereocenters. The summed E-state index contributed by atoms with van der Waals surface area (Å²) < 4.78 is 0. The molecule has 1 unspecified atom stereocenters. The SMILES string of the molecule is CC1(C)CC(c2cc(-c3nccs3)ccc2N2CCNC(CC3CC3)C2)CC(C)(C)C1. The number of hydrogen-bond acceptors (Lipinski definition) is 4. The van der Waals surface area contributed by atoms with Crippen molar-refractivity contribution in [2.45, 2.75) is 78.2 Å². The first-order chi connectivity index (χ1) is 14.8. The van der Waals surface area contributed by atoms with E-state index in [4.69, 9.17) is 0 Å². The highest BCUT2D eigenvalue weighted by molar-refractivity contribution is 7.13. The quantitative estimate of drug-likeness (QED) is 0.563. The monoisotopic (exact) mass is 437 g/mol. The van der Waals surface area contributed by atoms with Crippen LogP contribution >= 0.6 is 11.3 Å². The Balaban J connectivity index is 1.49. The molecule has 2 aromatic rings. The van der Waals surface area contributed by atoms with Crippen molar-refractivity contribution in [3.05, 3.63) is 35.3 Å². The van der Waals surface area contributed by atoms with Crippen LogP contribution in [0, 0.1) is 16.7 Å². The normalized spacial score (nSPS) is 26.2. The number of anilines is 1. The maximum Gasteiger partial charge on any atom is 0.123 e. The molecule has 31 heavy (non-hydrogen) atoms. The Bertz CT molecular complexity index is 881. The summed E-state index contributed by atoms with van der Waals surface area (Å²) in [6.45, 7) is 13.3. The van der Waals surface area contributed by atoms with Gasteiger partial charge in [0.15, 0.2) is 0 Å². The van der Waals surface area contributed by atoms with Crippen molar-refractivity contribution >= 4 is 17.0 Å². The Labute approximate surface area is 192 Å². The van der Waals surface area contributed by atoms with E-state index >= 15 is 0 Å². The van der Waals surface area contributed by atoms with Gasteiger partial charge in [-0.3, -0.25) is 0 Å². The van der Waals surface area contributed by atoms with E-state index in [1.54, 1.807) is 16.9 Å². The van der Waals surface area contributed by atoms with Gasteiger partial charge < -0.3 is 10.2 Å². The first-order valence-corrected chi connectivity index (χ1v) is 13.2. The fourth-order valence-corrected chi connectivity index (χ4v) is 7.33. The minimum absolute atomic E-state index is 0.388. The van der Waals surface area contributed by atoms with Crippen LogP contribution in [-0.4, -0.2) is 30.7 Å². The van der Waals surface area contributed by atoms with Gasteiger partial charge >= 0.3 is 0 Å². The molecule has 168 valence electrons. The van der Waals surface area contributed by atoms with Crippen molar-refractivity contribution in [2.24, 2.45) is 16.7 Å². The second-order valence-electron chi connectivity index (χ2n) is 12.0. The van der Waals surface area contributed by atoms with E-state index in [0.29, 0.717) is 22.8 Å². The van der Waals surface area contributed by atoms with Crippen molar-refractivity contribution in [1.82, 2.24) is 10.3 Å². The molecule has 3 nitrogen and oxygen atoms in total. The van der Waals surface area contributed by atoms with E-state index in [-0.39, 0.29) is 0 Å². The number of aromatic nitrogens is 1. The average molecular weight is 438 g/mol. The van der Waals surface area contributed by atoms with Gasteiger partial charge in [0.1, 0.15) is 5.01 Å². The lowest BCUT2D eigenvalue weighted by Crippen LogP contribution is -2.51. The molecule has 0 bridgehead atoms. The van der Waals surface area contributed by atoms with Crippen LogP contribution in [0.1, 0.15) is 77.7 Å². The van der Waals surface area contributed by atoms with Crippen LogP contribution in [0.5, 0.6) is 0 Å². The van der Waals surface area contributed by atoms with Gasteiger partial charge in [0, 0.05) is 48.5 Å².